The maximum Gasteiger partial charge on any atom is 0.113 e. The lowest BCUT2D eigenvalue weighted by Gasteiger charge is -2.48. The molecule has 2 aliphatic rings. The zero-order valence-corrected chi connectivity index (χ0v) is 22.8. The van der Waals surface area contributed by atoms with E-state index in [0.717, 1.165) is 19.0 Å². The molecule has 2 fully saturated rings. The van der Waals surface area contributed by atoms with E-state index in [0.29, 0.717) is 19.8 Å². The van der Waals surface area contributed by atoms with Gasteiger partial charge in [0.05, 0.1) is 25.9 Å². The van der Waals surface area contributed by atoms with Gasteiger partial charge in [0.1, 0.15) is 12.2 Å². The summed E-state index contributed by atoms with van der Waals surface area (Å²) < 4.78 is 20.1. The lowest BCUT2D eigenvalue weighted by molar-refractivity contribution is -0.202. The number of rotatable bonds is 11. The molecular weight excluding hydrogens is 470 g/mol. The summed E-state index contributed by atoms with van der Waals surface area (Å²) in [6.07, 6.45) is 6.46. The highest BCUT2D eigenvalue weighted by Gasteiger charge is 2.44. The molecule has 38 heavy (non-hydrogen) atoms. The monoisotopic (exact) mass is 513 g/mol. The van der Waals surface area contributed by atoms with E-state index in [1.807, 2.05) is 6.07 Å². The molecule has 1 aliphatic heterocycles. The van der Waals surface area contributed by atoms with Crippen LogP contribution in [0.5, 0.6) is 0 Å². The Balaban J connectivity index is 1.36. The van der Waals surface area contributed by atoms with Gasteiger partial charge in [-0.05, 0) is 42.4 Å². The van der Waals surface area contributed by atoms with Crippen LogP contribution in [0.25, 0.3) is 0 Å². The van der Waals surface area contributed by atoms with Crippen molar-refractivity contribution >= 4 is 0 Å². The molecule has 202 valence electrons. The second-order valence-corrected chi connectivity index (χ2v) is 11.1. The molecule has 1 saturated heterocycles. The minimum absolute atomic E-state index is 0.0699. The average Bonchev–Trinajstić information content (AvgIpc) is 2.98. The fourth-order valence-corrected chi connectivity index (χ4v) is 6.03. The summed E-state index contributed by atoms with van der Waals surface area (Å²) in [4.78, 5) is 2.63. The van der Waals surface area contributed by atoms with E-state index in [4.69, 9.17) is 14.2 Å². The Hall–Kier alpha value is -2.50. The molecule has 4 atom stereocenters. The molecule has 0 aromatic heterocycles. The molecule has 0 unspecified atom stereocenters. The molecule has 1 saturated carbocycles. The van der Waals surface area contributed by atoms with Gasteiger partial charge in [-0.3, -0.25) is 4.90 Å². The minimum Gasteiger partial charge on any atom is -0.369 e. The van der Waals surface area contributed by atoms with Crippen LogP contribution >= 0.6 is 0 Å². The highest BCUT2D eigenvalue weighted by Crippen LogP contribution is 2.31. The number of benzene rings is 3. The molecule has 4 heteroatoms. The van der Waals surface area contributed by atoms with E-state index in [9.17, 15) is 0 Å². The predicted octanol–water partition coefficient (Wildman–Crippen LogP) is 7.03. The van der Waals surface area contributed by atoms with Gasteiger partial charge in [0.2, 0.25) is 0 Å². The summed E-state index contributed by atoms with van der Waals surface area (Å²) in [6.45, 7) is 6.01. The lowest BCUT2D eigenvalue weighted by Crippen LogP contribution is -2.63. The van der Waals surface area contributed by atoms with E-state index >= 15 is 0 Å². The van der Waals surface area contributed by atoms with Crippen LogP contribution in [0.15, 0.2) is 91.0 Å². The van der Waals surface area contributed by atoms with Crippen molar-refractivity contribution in [2.45, 2.75) is 83.2 Å². The topological polar surface area (TPSA) is 30.9 Å². The van der Waals surface area contributed by atoms with Crippen molar-refractivity contribution in [2.24, 2.45) is 5.92 Å². The van der Waals surface area contributed by atoms with Crippen molar-refractivity contribution in [1.82, 2.24) is 4.90 Å². The van der Waals surface area contributed by atoms with Crippen molar-refractivity contribution in [3.8, 4) is 0 Å². The number of hydrogen-bond acceptors (Lipinski definition) is 4. The van der Waals surface area contributed by atoms with Gasteiger partial charge in [0, 0.05) is 19.1 Å². The molecule has 0 amide bonds. The fourth-order valence-electron chi connectivity index (χ4n) is 6.03. The Morgan fingerprint density at radius 1 is 0.605 bits per heavy atom. The Bertz CT molecular complexity index is 1050. The van der Waals surface area contributed by atoms with Gasteiger partial charge in [0.25, 0.3) is 0 Å². The van der Waals surface area contributed by atoms with Crippen molar-refractivity contribution in [3.05, 3.63) is 108 Å². The van der Waals surface area contributed by atoms with E-state index in [-0.39, 0.29) is 24.4 Å². The van der Waals surface area contributed by atoms with Gasteiger partial charge in [-0.15, -0.1) is 0 Å². The molecule has 3 aromatic rings. The Kier molecular flexibility index (Phi) is 10.0. The van der Waals surface area contributed by atoms with Crippen LogP contribution in [0, 0.1) is 5.92 Å². The lowest BCUT2D eigenvalue weighted by atomic mass is 9.86. The summed E-state index contributed by atoms with van der Waals surface area (Å²) in [5.74, 6) is 0.762. The van der Waals surface area contributed by atoms with Crippen LogP contribution in [-0.4, -0.2) is 42.3 Å². The largest absolute Gasteiger partial charge is 0.369 e. The zero-order chi connectivity index (χ0) is 26.0. The molecule has 1 heterocycles. The highest BCUT2D eigenvalue weighted by atomic mass is 16.6. The molecule has 0 N–H and O–H groups in total. The SMILES string of the molecule is C[C@@H]1[C@@H](OCc2ccccc2)[C@H](OCc2ccccc2)[C@@H](OCc2ccccc2)CN1CC1CCCCC1. The van der Waals surface area contributed by atoms with Crippen molar-refractivity contribution in [3.63, 3.8) is 0 Å². The molecule has 1 aliphatic carbocycles. The van der Waals surface area contributed by atoms with Gasteiger partial charge in [-0.25, -0.2) is 0 Å². The molecule has 4 nitrogen and oxygen atoms in total. The normalized spacial score (nSPS) is 24.9. The highest BCUT2D eigenvalue weighted by molar-refractivity contribution is 5.16. The summed E-state index contributed by atoms with van der Waals surface area (Å²) in [6, 6.07) is 31.6. The van der Waals surface area contributed by atoms with Crippen LogP contribution in [0.3, 0.4) is 0 Å². The number of piperidine rings is 1. The van der Waals surface area contributed by atoms with Gasteiger partial charge in [-0.2, -0.15) is 0 Å². The van der Waals surface area contributed by atoms with Crippen LogP contribution in [0.1, 0.15) is 55.7 Å². The van der Waals surface area contributed by atoms with E-state index in [2.05, 4.69) is 96.8 Å². The number of ether oxygens (including phenoxy) is 3. The van der Waals surface area contributed by atoms with Crippen molar-refractivity contribution in [2.75, 3.05) is 13.1 Å². The number of nitrogens with zero attached hydrogens (tertiary/aromatic N) is 1. The van der Waals surface area contributed by atoms with Gasteiger partial charge in [-0.1, -0.05) is 110 Å². The molecule has 0 bridgehead atoms. The molecule has 5 rings (SSSR count). The van der Waals surface area contributed by atoms with E-state index < -0.39 is 0 Å². The Morgan fingerprint density at radius 2 is 1.08 bits per heavy atom. The number of hydrogen-bond donors (Lipinski definition) is 0. The first-order valence-electron chi connectivity index (χ1n) is 14.5. The van der Waals surface area contributed by atoms with E-state index in [1.165, 1.54) is 48.8 Å². The maximum absolute atomic E-state index is 6.74. The molecular formula is C34H43NO3. The van der Waals surface area contributed by atoms with Gasteiger partial charge < -0.3 is 14.2 Å². The zero-order valence-electron chi connectivity index (χ0n) is 22.8. The van der Waals surface area contributed by atoms with Crippen LogP contribution in [0.2, 0.25) is 0 Å². The first-order chi connectivity index (χ1) is 18.8. The third-order valence-corrected chi connectivity index (χ3v) is 8.25. The summed E-state index contributed by atoms with van der Waals surface area (Å²) >= 11 is 0. The standard InChI is InChI=1S/C34H43NO3/c1-27-33(37-25-30-18-10-4-11-19-30)34(38-26-31-20-12-5-13-21-31)32(36-24-29-16-8-3-9-17-29)23-35(27)22-28-14-6-2-7-15-28/h3-5,8-13,16-21,27-28,32-34H,2,6-7,14-15,22-26H2,1H3/t27-,32+,33-,34-/m1/s1. The van der Waals surface area contributed by atoms with E-state index in [1.54, 1.807) is 0 Å². The fraction of sp³-hybridized carbons (Fsp3) is 0.471. The molecule has 3 aromatic carbocycles. The van der Waals surface area contributed by atoms with Gasteiger partial charge >= 0.3 is 0 Å². The summed E-state index contributed by atoms with van der Waals surface area (Å²) in [5.41, 5.74) is 3.55. The average molecular weight is 514 g/mol. The van der Waals surface area contributed by atoms with Gasteiger partial charge in [0.15, 0.2) is 0 Å². The summed E-state index contributed by atoms with van der Waals surface area (Å²) in [7, 11) is 0. The Morgan fingerprint density at radius 3 is 1.61 bits per heavy atom. The third-order valence-electron chi connectivity index (χ3n) is 8.25. The Labute approximate surface area is 228 Å². The second kappa shape index (κ2) is 14.0. The summed E-state index contributed by atoms with van der Waals surface area (Å²) in [5, 5.41) is 0. The first-order valence-corrected chi connectivity index (χ1v) is 14.5. The minimum atomic E-state index is -0.153. The van der Waals surface area contributed by atoms with Crippen LogP contribution in [-0.2, 0) is 34.0 Å². The third kappa shape index (κ3) is 7.54. The first kappa shape index (κ1) is 27.1. The predicted molar refractivity (Wildman–Crippen MR) is 153 cm³/mol. The quantitative estimate of drug-likeness (QED) is 0.275. The van der Waals surface area contributed by atoms with Crippen LogP contribution in [0.4, 0.5) is 0 Å². The second-order valence-electron chi connectivity index (χ2n) is 11.1. The number of likely N-dealkylation sites (tertiary alicyclic amines) is 1. The van der Waals surface area contributed by atoms with Crippen molar-refractivity contribution in [1.29, 1.82) is 0 Å². The maximum atomic E-state index is 6.74. The smallest absolute Gasteiger partial charge is 0.113 e. The van der Waals surface area contributed by atoms with Crippen LogP contribution < -0.4 is 0 Å². The molecule has 0 radical (unpaired) electrons. The molecule has 0 spiro atoms. The van der Waals surface area contributed by atoms with Crippen molar-refractivity contribution < 1.29 is 14.2 Å².